The summed E-state index contributed by atoms with van der Waals surface area (Å²) in [6.07, 6.45) is 0.909. The molecule has 0 amide bonds. The second kappa shape index (κ2) is 8.32. The highest BCUT2D eigenvalue weighted by Crippen LogP contribution is 2.47. The van der Waals surface area contributed by atoms with E-state index in [1.165, 1.54) is 0 Å². The topological polar surface area (TPSA) is 96.2 Å². The fraction of sp³-hybridized carbons (Fsp3) is 0.250. The zero-order chi connectivity index (χ0) is 23.3. The molecule has 3 N–H and O–H groups in total. The number of anilines is 1. The van der Waals surface area contributed by atoms with Crippen LogP contribution in [-0.2, 0) is 4.79 Å². The predicted molar refractivity (Wildman–Crippen MR) is 127 cm³/mol. The summed E-state index contributed by atoms with van der Waals surface area (Å²) in [5, 5.41) is 9.59. The number of allylic oxidation sites excluding steroid dienone is 2. The van der Waals surface area contributed by atoms with Crippen molar-refractivity contribution in [1.82, 2.24) is 10.2 Å². The smallest absolute Gasteiger partial charge is 0.270 e. The molecule has 170 valence electrons. The van der Waals surface area contributed by atoms with Gasteiger partial charge in [-0.25, -0.2) is 0 Å². The number of aromatic amines is 2. The molecule has 2 aromatic carbocycles. The van der Waals surface area contributed by atoms with Crippen LogP contribution in [0.25, 0.3) is 0 Å². The van der Waals surface area contributed by atoms with Gasteiger partial charge in [-0.05, 0) is 47.7 Å². The molecule has 3 aromatic rings. The Labute approximate surface area is 199 Å². The first-order chi connectivity index (χ1) is 15.9. The van der Waals surface area contributed by atoms with Gasteiger partial charge >= 0.3 is 0 Å². The summed E-state index contributed by atoms with van der Waals surface area (Å²) < 4.78 is 10.8. The van der Waals surface area contributed by atoms with Crippen LogP contribution in [0.1, 0.15) is 41.4 Å². The maximum Gasteiger partial charge on any atom is 0.270 e. The highest BCUT2D eigenvalue weighted by atomic mass is 35.5. The number of fused-ring (bicyclic) bond motifs is 1. The molecule has 2 heterocycles. The minimum absolute atomic E-state index is 0.0224. The lowest BCUT2D eigenvalue weighted by molar-refractivity contribution is -0.116. The fourth-order valence-electron chi connectivity index (χ4n) is 4.79. The van der Waals surface area contributed by atoms with E-state index < -0.39 is 5.92 Å². The van der Waals surface area contributed by atoms with Crippen LogP contribution in [0, 0.1) is 0 Å². The van der Waals surface area contributed by atoms with Crippen LogP contribution in [0.2, 0.25) is 10.0 Å². The first kappa shape index (κ1) is 21.7. The van der Waals surface area contributed by atoms with E-state index in [1.807, 2.05) is 18.2 Å². The number of H-pyrrole nitrogens is 2. The van der Waals surface area contributed by atoms with Crippen molar-refractivity contribution >= 4 is 34.8 Å². The summed E-state index contributed by atoms with van der Waals surface area (Å²) >= 11 is 12.4. The number of halogens is 2. The number of hydrogen-bond acceptors (Lipinski definition) is 5. The molecule has 33 heavy (non-hydrogen) atoms. The largest absolute Gasteiger partial charge is 0.493 e. The molecule has 1 aliphatic heterocycles. The van der Waals surface area contributed by atoms with Gasteiger partial charge in [-0.15, -0.1) is 0 Å². The van der Waals surface area contributed by atoms with E-state index in [0.717, 1.165) is 16.8 Å². The Morgan fingerprint density at radius 2 is 1.64 bits per heavy atom. The van der Waals surface area contributed by atoms with Gasteiger partial charge in [0, 0.05) is 23.6 Å². The fourth-order valence-corrected chi connectivity index (χ4v) is 5.10. The van der Waals surface area contributed by atoms with Crippen LogP contribution in [0.5, 0.6) is 11.5 Å². The van der Waals surface area contributed by atoms with Crippen molar-refractivity contribution in [1.29, 1.82) is 0 Å². The van der Waals surface area contributed by atoms with Gasteiger partial charge in [-0.3, -0.25) is 19.8 Å². The quantitative estimate of drug-likeness (QED) is 0.483. The number of carbonyl (C=O) groups excluding carboxylic acids is 1. The second-order valence-corrected chi connectivity index (χ2v) is 8.95. The summed E-state index contributed by atoms with van der Waals surface area (Å²) in [5.41, 5.74) is 3.27. The summed E-state index contributed by atoms with van der Waals surface area (Å²) in [5.74, 6) is 1.18. The third-order valence-electron chi connectivity index (χ3n) is 6.33. The molecule has 2 unspecified atom stereocenters. The lowest BCUT2D eigenvalue weighted by Crippen LogP contribution is -2.31. The highest BCUT2D eigenvalue weighted by Gasteiger charge is 2.40. The lowest BCUT2D eigenvalue weighted by Gasteiger charge is -2.34. The number of benzene rings is 2. The Bertz CT molecular complexity index is 1360. The van der Waals surface area contributed by atoms with Crippen molar-refractivity contribution in [2.75, 3.05) is 19.5 Å². The van der Waals surface area contributed by atoms with Gasteiger partial charge in [0.05, 0.1) is 29.8 Å². The van der Waals surface area contributed by atoms with Crippen molar-refractivity contribution in [2.45, 2.75) is 24.7 Å². The third kappa shape index (κ3) is 3.61. The molecule has 2 aliphatic rings. The van der Waals surface area contributed by atoms with Crippen LogP contribution >= 0.6 is 23.2 Å². The molecule has 0 spiro atoms. The van der Waals surface area contributed by atoms with Gasteiger partial charge in [0.25, 0.3) is 5.56 Å². The van der Waals surface area contributed by atoms with Gasteiger partial charge in [0.2, 0.25) is 0 Å². The van der Waals surface area contributed by atoms with Crippen LogP contribution < -0.4 is 20.3 Å². The second-order valence-electron chi connectivity index (χ2n) is 8.13. The van der Waals surface area contributed by atoms with Crippen molar-refractivity contribution in [2.24, 2.45) is 0 Å². The molecule has 2 atom stereocenters. The van der Waals surface area contributed by atoms with E-state index in [1.54, 1.807) is 32.4 Å². The maximum absolute atomic E-state index is 13.5. The molecule has 1 aromatic heterocycles. The van der Waals surface area contributed by atoms with E-state index in [0.29, 0.717) is 51.3 Å². The van der Waals surface area contributed by atoms with Gasteiger partial charge in [0.15, 0.2) is 17.3 Å². The Hall–Kier alpha value is -3.16. The van der Waals surface area contributed by atoms with E-state index >= 15 is 0 Å². The lowest BCUT2D eigenvalue weighted by atomic mass is 9.73. The third-order valence-corrected chi connectivity index (χ3v) is 7.07. The van der Waals surface area contributed by atoms with Gasteiger partial charge in [-0.2, -0.15) is 0 Å². The number of ether oxygens (including phenoxy) is 2. The Kier molecular flexibility index (Phi) is 5.46. The molecule has 0 radical (unpaired) electrons. The molecule has 1 aliphatic carbocycles. The number of aromatic nitrogens is 2. The SMILES string of the molecule is COc1ccc(C2CC(=O)C3=C(C2)Nc2[nH][nH]c(=O)c2C3c2ccc(Cl)c(Cl)c2)cc1OC. The predicted octanol–water partition coefficient (Wildman–Crippen LogP) is 4.99. The normalized spacial score (nSPS) is 19.6. The first-order valence-corrected chi connectivity index (χ1v) is 11.2. The van der Waals surface area contributed by atoms with E-state index in [9.17, 15) is 9.59 Å². The number of hydrogen-bond donors (Lipinski definition) is 3. The Morgan fingerprint density at radius 1 is 0.879 bits per heavy atom. The molecule has 0 bridgehead atoms. The number of ketones is 1. The molecule has 5 rings (SSSR count). The maximum atomic E-state index is 13.5. The average Bonchev–Trinajstić information content (AvgIpc) is 3.19. The van der Waals surface area contributed by atoms with E-state index in [-0.39, 0.29) is 17.3 Å². The summed E-state index contributed by atoms with van der Waals surface area (Å²) in [6, 6.07) is 10.9. The monoisotopic (exact) mass is 485 g/mol. The van der Waals surface area contributed by atoms with Gasteiger partial charge < -0.3 is 14.8 Å². The van der Waals surface area contributed by atoms with Crippen LogP contribution in [-0.4, -0.2) is 30.2 Å². The Morgan fingerprint density at radius 3 is 2.36 bits per heavy atom. The minimum atomic E-state index is -0.542. The molecule has 0 saturated heterocycles. The zero-order valence-corrected chi connectivity index (χ0v) is 19.4. The minimum Gasteiger partial charge on any atom is -0.493 e. The molecule has 9 heteroatoms. The number of rotatable bonds is 4. The van der Waals surface area contributed by atoms with Crippen molar-refractivity contribution in [3.8, 4) is 11.5 Å². The molecule has 0 saturated carbocycles. The average molecular weight is 486 g/mol. The first-order valence-electron chi connectivity index (χ1n) is 10.4. The number of nitrogens with one attached hydrogen (secondary N) is 3. The van der Waals surface area contributed by atoms with Crippen molar-refractivity contribution < 1.29 is 14.3 Å². The van der Waals surface area contributed by atoms with E-state index in [2.05, 4.69) is 15.5 Å². The van der Waals surface area contributed by atoms with Crippen LogP contribution in [0.4, 0.5) is 5.82 Å². The molecule has 7 nitrogen and oxygen atoms in total. The van der Waals surface area contributed by atoms with Gasteiger partial charge in [0.1, 0.15) is 5.82 Å². The summed E-state index contributed by atoms with van der Waals surface area (Å²) in [4.78, 5) is 26.2. The number of methoxy groups -OCH3 is 2. The number of carbonyl (C=O) groups is 1. The van der Waals surface area contributed by atoms with Crippen molar-refractivity contribution in [3.63, 3.8) is 0 Å². The molecule has 0 fully saturated rings. The molecular weight excluding hydrogens is 465 g/mol. The van der Waals surface area contributed by atoms with Crippen LogP contribution in [0.3, 0.4) is 0 Å². The van der Waals surface area contributed by atoms with Gasteiger partial charge in [-0.1, -0.05) is 35.3 Å². The van der Waals surface area contributed by atoms with Crippen molar-refractivity contribution in [3.05, 3.63) is 84.8 Å². The summed E-state index contributed by atoms with van der Waals surface area (Å²) in [6.45, 7) is 0. The molecular formula is C24H21Cl2N3O4. The van der Waals surface area contributed by atoms with E-state index in [4.69, 9.17) is 32.7 Å². The van der Waals surface area contributed by atoms with Crippen LogP contribution in [0.15, 0.2) is 52.5 Å². The zero-order valence-electron chi connectivity index (χ0n) is 17.9. The number of Topliss-reactive ketones (excluding diaryl/α,β-unsaturated/α-hetero) is 1. The highest BCUT2D eigenvalue weighted by molar-refractivity contribution is 6.42. The Balaban J connectivity index is 1.60. The summed E-state index contributed by atoms with van der Waals surface area (Å²) in [7, 11) is 3.17. The standard InChI is InChI=1S/C24H21Cl2N3O4/c1-32-18-6-4-11(10-19(18)33-2)13-8-16-21(17(30)9-13)20(12-3-5-14(25)15(26)7-12)22-23(27-16)28-29-24(22)31/h3-7,10,13,20H,8-9H2,1-2H3,(H3,27,28,29,31).